The Morgan fingerprint density at radius 3 is 2.73 bits per heavy atom. The van der Waals surface area contributed by atoms with Crippen molar-refractivity contribution in [2.45, 2.75) is 13.0 Å². The van der Waals surface area contributed by atoms with Crippen molar-refractivity contribution < 1.29 is 9.32 Å². The lowest BCUT2D eigenvalue weighted by atomic mass is 10.2. The van der Waals surface area contributed by atoms with Crippen LogP contribution in [0, 0.1) is 0 Å². The maximum absolute atomic E-state index is 12.3. The van der Waals surface area contributed by atoms with E-state index in [0.717, 1.165) is 31.7 Å². The molecule has 1 saturated heterocycles. The molecule has 1 unspecified atom stereocenters. The number of rotatable bonds is 6. The molecule has 0 aliphatic carbocycles. The lowest BCUT2D eigenvalue weighted by Gasteiger charge is -2.36. The van der Waals surface area contributed by atoms with Crippen LogP contribution < -0.4 is 5.32 Å². The monoisotopic (exact) mass is 426 g/mol. The van der Waals surface area contributed by atoms with Crippen LogP contribution in [0.3, 0.4) is 0 Å². The number of para-hydroxylation sites is 1. The minimum absolute atomic E-state index is 0.00187. The lowest BCUT2D eigenvalue weighted by molar-refractivity contribution is -0.117. The van der Waals surface area contributed by atoms with Crippen LogP contribution in [0.1, 0.15) is 18.9 Å². The molecular formula is C21H23ClN6O2. The first-order valence-corrected chi connectivity index (χ1v) is 10.2. The number of halogens is 1. The number of carbonyl (C=O) groups is 1. The topological polar surface area (TPSA) is 87.4 Å². The Morgan fingerprint density at radius 1 is 1.20 bits per heavy atom. The molecule has 4 rings (SSSR count). The fraction of sp³-hybridized carbons (Fsp3) is 0.333. The van der Waals surface area contributed by atoms with Crippen LogP contribution in [-0.2, 0) is 4.79 Å². The first-order chi connectivity index (χ1) is 14.6. The number of hydrogen-bond acceptors (Lipinski definition) is 7. The van der Waals surface area contributed by atoms with Crippen molar-refractivity contribution in [3.63, 3.8) is 0 Å². The summed E-state index contributed by atoms with van der Waals surface area (Å²) in [5.74, 6) is 1.06. The zero-order valence-electron chi connectivity index (χ0n) is 16.7. The Hall–Kier alpha value is -2.81. The maximum atomic E-state index is 12.3. The van der Waals surface area contributed by atoms with Gasteiger partial charge in [0.15, 0.2) is 0 Å². The molecule has 1 N–H and O–H groups in total. The summed E-state index contributed by atoms with van der Waals surface area (Å²) < 4.78 is 5.48. The molecular weight excluding hydrogens is 404 g/mol. The van der Waals surface area contributed by atoms with Gasteiger partial charge in [0.2, 0.25) is 17.6 Å². The predicted octanol–water partition coefficient (Wildman–Crippen LogP) is 3.10. The smallest absolute Gasteiger partial charge is 0.244 e. The number of carbonyl (C=O) groups excluding carboxylic acids is 1. The maximum Gasteiger partial charge on any atom is 0.244 e. The third kappa shape index (κ3) is 4.84. The molecule has 30 heavy (non-hydrogen) atoms. The molecule has 0 saturated carbocycles. The molecule has 1 aliphatic rings. The number of piperazine rings is 1. The minimum atomic E-state index is -0.0670. The molecule has 2 aromatic heterocycles. The summed E-state index contributed by atoms with van der Waals surface area (Å²) >= 11 is 6.11. The Balaban J connectivity index is 1.28. The molecule has 1 amide bonds. The molecule has 1 aliphatic heterocycles. The van der Waals surface area contributed by atoms with E-state index in [0.29, 0.717) is 29.0 Å². The Morgan fingerprint density at radius 2 is 2.00 bits per heavy atom. The molecule has 1 atom stereocenters. The fourth-order valence-electron chi connectivity index (χ4n) is 3.44. The van der Waals surface area contributed by atoms with Gasteiger partial charge in [0.25, 0.3) is 0 Å². The second-order valence-electron chi connectivity index (χ2n) is 7.21. The van der Waals surface area contributed by atoms with E-state index in [-0.39, 0.29) is 11.9 Å². The average molecular weight is 427 g/mol. The van der Waals surface area contributed by atoms with Crippen molar-refractivity contribution >= 4 is 23.2 Å². The molecule has 156 valence electrons. The van der Waals surface area contributed by atoms with E-state index in [1.807, 2.05) is 24.3 Å². The first kappa shape index (κ1) is 20.5. The quantitative estimate of drug-likeness (QED) is 0.647. The molecule has 0 bridgehead atoms. The molecule has 0 radical (unpaired) electrons. The van der Waals surface area contributed by atoms with E-state index >= 15 is 0 Å². The van der Waals surface area contributed by atoms with Gasteiger partial charge in [-0.25, -0.2) is 0 Å². The van der Waals surface area contributed by atoms with E-state index in [1.54, 1.807) is 24.5 Å². The van der Waals surface area contributed by atoms with Gasteiger partial charge in [0.1, 0.15) is 0 Å². The number of pyridine rings is 1. The van der Waals surface area contributed by atoms with Crippen molar-refractivity contribution in [2.24, 2.45) is 0 Å². The standard InChI is InChI=1S/C21H23ClN6O2/c1-15(21-25-20(26-30-21)16-5-4-8-23-13-16)28-11-9-27(10-12-28)14-19(29)24-18-7-3-2-6-17(18)22/h2-8,13,15H,9-12,14H2,1H3,(H,24,29). The molecule has 9 heteroatoms. The fourth-order valence-corrected chi connectivity index (χ4v) is 3.62. The number of nitrogens with zero attached hydrogens (tertiary/aromatic N) is 5. The molecule has 1 fully saturated rings. The van der Waals surface area contributed by atoms with Gasteiger partial charge in [-0.15, -0.1) is 0 Å². The lowest BCUT2D eigenvalue weighted by Crippen LogP contribution is -2.49. The van der Waals surface area contributed by atoms with Crippen LogP contribution in [0.4, 0.5) is 5.69 Å². The van der Waals surface area contributed by atoms with E-state index in [2.05, 4.69) is 37.2 Å². The predicted molar refractivity (Wildman–Crippen MR) is 114 cm³/mol. The van der Waals surface area contributed by atoms with Gasteiger partial charge in [-0.05, 0) is 31.2 Å². The Kier molecular flexibility index (Phi) is 6.37. The third-order valence-corrected chi connectivity index (χ3v) is 5.52. The summed E-state index contributed by atoms with van der Waals surface area (Å²) in [4.78, 5) is 25.4. The number of aromatic nitrogens is 3. The largest absolute Gasteiger partial charge is 0.337 e. The van der Waals surface area contributed by atoms with Crippen molar-refractivity contribution in [1.29, 1.82) is 0 Å². The third-order valence-electron chi connectivity index (χ3n) is 5.19. The van der Waals surface area contributed by atoms with Gasteiger partial charge in [-0.2, -0.15) is 4.98 Å². The minimum Gasteiger partial charge on any atom is -0.337 e. The van der Waals surface area contributed by atoms with Crippen LogP contribution in [-0.4, -0.2) is 63.6 Å². The van der Waals surface area contributed by atoms with Gasteiger partial charge < -0.3 is 9.84 Å². The van der Waals surface area contributed by atoms with Crippen LogP contribution >= 0.6 is 11.6 Å². The van der Waals surface area contributed by atoms with E-state index < -0.39 is 0 Å². The highest BCUT2D eigenvalue weighted by molar-refractivity contribution is 6.33. The van der Waals surface area contributed by atoms with Crippen molar-refractivity contribution in [1.82, 2.24) is 24.9 Å². The number of nitrogens with one attached hydrogen (secondary N) is 1. The van der Waals surface area contributed by atoms with E-state index in [9.17, 15) is 4.79 Å². The van der Waals surface area contributed by atoms with Gasteiger partial charge in [0.05, 0.1) is 23.3 Å². The number of amides is 1. The van der Waals surface area contributed by atoms with Crippen molar-refractivity contribution in [3.8, 4) is 11.4 Å². The normalized spacial score (nSPS) is 16.3. The second-order valence-corrected chi connectivity index (χ2v) is 7.62. The zero-order valence-corrected chi connectivity index (χ0v) is 17.4. The summed E-state index contributed by atoms with van der Waals surface area (Å²) in [7, 11) is 0. The zero-order chi connectivity index (χ0) is 20.9. The van der Waals surface area contributed by atoms with Crippen LogP contribution in [0.25, 0.3) is 11.4 Å². The molecule has 1 aromatic carbocycles. The Labute approximate surface area is 179 Å². The first-order valence-electron chi connectivity index (χ1n) is 9.85. The van der Waals surface area contributed by atoms with Gasteiger partial charge in [0, 0.05) is 44.1 Å². The highest BCUT2D eigenvalue weighted by atomic mass is 35.5. The van der Waals surface area contributed by atoms with E-state index in [4.69, 9.17) is 16.1 Å². The highest BCUT2D eigenvalue weighted by Crippen LogP contribution is 2.23. The van der Waals surface area contributed by atoms with Crippen LogP contribution in [0.5, 0.6) is 0 Å². The van der Waals surface area contributed by atoms with Crippen LogP contribution in [0.15, 0.2) is 53.3 Å². The summed E-state index contributed by atoms with van der Waals surface area (Å²) in [6.07, 6.45) is 3.42. The number of anilines is 1. The Bertz CT molecular complexity index is 988. The van der Waals surface area contributed by atoms with Crippen LogP contribution in [0.2, 0.25) is 5.02 Å². The average Bonchev–Trinajstić information content (AvgIpc) is 3.26. The second kappa shape index (κ2) is 9.34. The van der Waals surface area contributed by atoms with Gasteiger partial charge in [-0.1, -0.05) is 28.9 Å². The summed E-state index contributed by atoms with van der Waals surface area (Å²) in [6, 6.07) is 11.0. The SMILES string of the molecule is CC(c1nc(-c2cccnc2)no1)N1CCN(CC(=O)Nc2ccccc2Cl)CC1. The molecule has 3 aromatic rings. The molecule has 3 heterocycles. The summed E-state index contributed by atoms with van der Waals surface area (Å²) in [5.41, 5.74) is 1.46. The van der Waals surface area contributed by atoms with Gasteiger partial charge >= 0.3 is 0 Å². The van der Waals surface area contributed by atoms with Crippen molar-refractivity contribution in [3.05, 3.63) is 59.7 Å². The number of hydrogen-bond donors (Lipinski definition) is 1. The summed E-state index contributed by atoms with van der Waals surface area (Å²) in [6.45, 7) is 5.57. The summed E-state index contributed by atoms with van der Waals surface area (Å²) in [5, 5.41) is 7.48. The molecule has 0 spiro atoms. The van der Waals surface area contributed by atoms with Gasteiger partial charge in [-0.3, -0.25) is 19.6 Å². The highest BCUT2D eigenvalue weighted by Gasteiger charge is 2.26. The van der Waals surface area contributed by atoms with E-state index in [1.165, 1.54) is 0 Å². The van der Waals surface area contributed by atoms with Crippen molar-refractivity contribution in [2.75, 3.05) is 38.0 Å². The molecule has 8 nitrogen and oxygen atoms in total. The number of benzene rings is 1.